The summed E-state index contributed by atoms with van der Waals surface area (Å²) >= 11 is 3.37. The van der Waals surface area contributed by atoms with Gasteiger partial charge in [0.1, 0.15) is 5.69 Å². The zero-order chi connectivity index (χ0) is 15.1. The van der Waals surface area contributed by atoms with Gasteiger partial charge in [0, 0.05) is 20.2 Å². The molecule has 0 radical (unpaired) electrons. The highest BCUT2D eigenvalue weighted by atomic mass is 79.9. The van der Waals surface area contributed by atoms with Crippen LogP contribution >= 0.6 is 15.9 Å². The quantitative estimate of drug-likeness (QED) is 0.682. The summed E-state index contributed by atoms with van der Waals surface area (Å²) in [6.45, 7) is 2.95. The maximum Gasteiger partial charge on any atom is 0.291 e. The number of hydrogen-bond donors (Lipinski definition) is 1. The topological polar surface area (TPSA) is 65.4 Å². The Morgan fingerprint density at radius 2 is 2.24 bits per heavy atom. The number of anilines is 1. The largest absolute Gasteiger partial charge is 0.382 e. The lowest BCUT2D eigenvalue weighted by Gasteiger charge is -2.25. The predicted molar refractivity (Wildman–Crippen MR) is 84.7 cm³/mol. The first-order valence-electron chi connectivity index (χ1n) is 7.28. The maximum absolute atomic E-state index is 12.4. The molecule has 0 aromatic carbocycles. The minimum atomic E-state index is -0.0758. The SMILES string of the molecule is COCCOCCNc1c(Br)cnn(CC2CCC2)c1=O. The van der Waals surface area contributed by atoms with E-state index in [2.05, 4.69) is 26.3 Å². The summed E-state index contributed by atoms with van der Waals surface area (Å²) < 4.78 is 12.5. The van der Waals surface area contributed by atoms with Crippen LogP contribution in [0.25, 0.3) is 0 Å². The molecule has 1 aromatic heterocycles. The Morgan fingerprint density at radius 1 is 1.43 bits per heavy atom. The number of hydrogen-bond acceptors (Lipinski definition) is 5. The third-order valence-electron chi connectivity index (χ3n) is 3.63. The van der Waals surface area contributed by atoms with Crippen LogP contribution in [-0.4, -0.2) is 43.3 Å². The molecule has 1 aliphatic carbocycles. The van der Waals surface area contributed by atoms with Gasteiger partial charge in [-0.1, -0.05) is 6.42 Å². The van der Waals surface area contributed by atoms with Gasteiger partial charge in [-0.25, -0.2) is 4.68 Å². The highest BCUT2D eigenvalue weighted by molar-refractivity contribution is 9.10. The fourth-order valence-electron chi connectivity index (χ4n) is 2.17. The summed E-state index contributed by atoms with van der Waals surface area (Å²) in [5.41, 5.74) is 0.479. The van der Waals surface area contributed by atoms with Crippen LogP contribution in [0.5, 0.6) is 0 Å². The predicted octanol–water partition coefficient (Wildman–Crippen LogP) is 1.88. The number of nitrogens with zero attached hydrogens (tertiary/aromatic N) is 2. The lowest BCUT2D eigenvalue weighted by Crippen LogP contribution is -2.31. The van der Waals surface area contributed by atoms with Crippen molar-refractivity contribution in [1.29, 1.82) is 0 Å². The minimum Gasteiger partial charge on any atom is -0.382 e. The van der Waals surface area contributed by atoms with Crippen molar-refractivity contribution >= 4 is 21.6 Å². The zero-order valence-corrected chi connectivity index (χ0v) is 13.9. The fourth-order valence-corrected chi connectivity index (χ4v) is 2.57. The van der Waals surface area contributed by atoms with Gasteiger partial charge in [0.25, 0.3) is 5.56 Å². The fraction of sp³-hybridized carbons (Fsp3) is 0.714. The molecular formula is C14H22BrN3O3. The number of methoxy groups -OCH3 is 1. The number of aromatic nitrogens is 2. The summed E-state index contributed by atoms with van der Waals surface area (Å²) in [7, 11) is 1.64. The molecule has 0 aliphatic heterocycles. The van der Waals surface area contributed by atoms with Crippen molar-refractivity contribution in [3.05, 3.63) is 21.0 Å². The van der Waals surface area contributed by atoms with Crippen molar-refractivity contribution in [2.45, 2.75) is 25.8 Å². The van der Waals surface area contributed by atoms with Gasteiger partial charge in [0.2, 0.25) is 0 Å². The van der Waals surface area contributed by atoms with Gasteiger partial charge in [0.15, 0.2) is 0 Å². The van der Waals surface area contributed by atoms with Gasteiger partial charge < -0.3 is 14.8 Å². The first kappa shape index (κ1) is 16.5. The summed E-state index contributed by atoms with van der Waals surface area (Å²) in [4.78, 5) is 12.4. The van der Waals surface area contributed by atoms with Crippen molar-refractivity contribution in [2.75, 3.05) is 38.8 Å². The van der Waals surface area contributed by atoms with E-state index in [1.165, 1.54) is 19.3 Å². The normalized spacial score (nSPS) is 15.0. The van der Waals surface area contributed by atoms with Crippen LogP contribution < -0.4 is 10.9 Å². The van der Waals surface area contributed by atoms with Crippen molar-refractivity contribution in [3.8, 4) is 0 Å². The van der Waals surface area contributed by atoms with Gasteiger partial charge >= 0.3 is 0 Å². The number of nitrogens with one attached hydrogen (secondary N) is 1. The van der Waals surface area contributed by atoms with Crippen molar-refractivity contribution in [2.24, 2.45) is 5.92 Å². The Labute approximate surface area is 132 Å². The van der Waals surface area contributed by atoms with Crippen LogP contribution in [0.3, 0.4) is 0 Å². The lowest BCUT2D eigenvalue weighted by molar-refractivity contribution is 0.0759. The molecule has 118 valence electrons. The van der Waals surface area contributed by atoms with E-state index in [0.717, 1.165) is 0 Å². The highest BCUT2D eigenvalue weighted by Gasteiger charge is 2.20. The Bertz CT molecular complexity index is 503. The second kappa shape index (κ2) is 8.51. The van der Waals surface area contributed by atoms with Crippen LogP contribution in [0.1, 0.15) is 19.3 Å². The molecular weight excluding hydrogens is 338 g/mol. The first-order valence-corrected chi connectivity index (χ1v) is 8.08. The van der Waals surface area contributed by atoms with Crippen molar-refractivity contribution in [1.82, 2.24) is 9.78 Å². The molecule has 1 fully saturated rings. The van der Waals surface area contributed by atoms with E-state index < -0.39 is 0 Å². The van der Waals surface area contributed by atoms with Crippen LogP contribution in [0.15, 0.2) is 15.5 Å². The molecule has 0 spiro atoms. The molecule has 0 saturated heterocycles. The molecule has 0 amide bonds. The maximum atomic E-state index is 12.4. The van der Waals surface area contributed by atoms with Crippen LogP contribution in [0, 0.1) is 5.92 Å². The van der Waals surface area contributed by atoms with E-state index in [1.807, 2.05) is 0 Å². The van der Waals surface area contributed by atoms with E-state index in [4.69, 9.17) is 9.47 Å². The Balaban J connectivity index is 1.88. The van der Waals surface area contributed by atoms with Crippen LogP contribution in [-0.2, 0) is 16.0 Å². The average Bonchev–Trinajstić information content (AvgIpc) is 2.43. The van der Waals surface area contributed by atoms with Crippen LogP contribution in [0.4, 0.5) is 5.69 Å². The zero-order valence-electron chi connectivity index (χ0n) is 12.3. The molecule has 6 nitrogen and oxygen atoms in total. The van der Waals surface area contributed by atoms with Gasteiger partial charge in [-0.05, 0) is 34.7 Å². The Kier molecular flexibility index (Phi) is 6.66. The minimum absolute atomic E-state index is 0.0758. The molecule has 7 heteroatoms. The number of halogens is 1. The first-order chi connectivity index (χ1) is 10.2. The highest BCUT2D eigenvalue weighted by Crippen LogP contribution is 2.27. The average molecular weight is 360 g/mol. The third kappa shape index (κ3) is 4.79. The molecule has 2 rings (SSSR count). The number of rotatable bonds is 9. The van der Waals surface area contributed by atoms with Crippen LogP contribution in [0.2, 0.25) is 0 Å². The number of ether oxygens (including phenoxy) is 2. The van der Waals surface area contributed by atoms with Gasteiger partial charge in [-0.15, -0.1) is 0 Å². The van der Waals surface area contributed by atoms with E-state index in [0.29, 0.717) is 49.0 Å². The molecule has 1 aliphatic rings. The van der Waals surface area contributed by atoms with E-state index >= 15 is 0 Å². The molecule has 1 aromatic rings. The second-order valence-electron chi connectivity index (χ2n) is 5.18. The molecule has 0 atom stereocenters. The summed E-state index contributed by atoms with van der Waals surface area (Å²) in [6, 6.07) is 0. The van der Waals surface area contributed by atoms with Gasteiger partial charge in [-0.2, -0.15) is 5.10 Å². The Morgan fingerprint density at radius 3 is 2.90 bits per heavy atom. The smallest absolute Gasteiger partial charge is 0.291 e. The van der Waals surface area contributed by atoms with Crippen molar-refractivity contribution < 1.29 is 9.47 Å². The monoisotopic (exact) mass is 359 g/mol. The lowest BCUT2D eigenvalue weighted by atomic mass is 9.85. The van der Waals surface area contributed by atoms with Gasteiger partial charge in [0.05, 0.1) is 30.5 Å². The summed E-state index contributed by atoms with van der Waals surface area (Å²) in [5.74, 6) is 0.599. The summed E-state index contributed by atoms with van der Waals surface area (Å²) in [5, 5.41) is 7.32. The standard InChI is InChI=1S/C14H22BrN3O3/c1-20-7-8-21-6-5-16-13-12(15)9-17-18(14(13)19)10-11-3-2-4-11/h9,11,16H,2-8,10H2,1H3. The molecule has 1 heterocycles. The van der Waals surface area contributed by atoms with E-state index in [9.17, 15) is 4.79 Å². The van der Waals surface area contributed by atoms with Gasteiger partial charge in [-0.3, -0.25) is 4.79 Å². The Hall–Kier alpha value is -0.920. The van der Waals surface area contributed by atoms with E-state index in [1.54, 1.807) is 18.0 Å². The molecule has 1 saturated carbocycles. The second-order valence-corrected chi connectivity index (χ2v) is 6.04. The molecule has 21 heavy (non-hydrogen) atoms. The van der Waals surface area contributed by atoms with E-state index in [-0.39, 0.29) is 5.56 Å². The third-order valence-corrected chi connectivity index (χ3v) is 4.23. The summed E-state index contributed by atoms with van der Waals surface area (Å²) in [6.07, 6.45) is 5.33. The molecule has 1 N–H and O–H groups in total. The molecule has 0 unspecified atom stereocenters. The van der Waals surface area contributed by atoms with Crippen molar-refractivity contribution in [3.63, 3.8) is 0 Å². The molecule has 0 bridgehead atoms.